The number of aryl methyl sites for hydroxylation is 1. The van der Waals surface area contributed by atoms with Crippen molar-refractivity contribution in [2.45, 2.75) is 42.4 Å². The van der Waals surface area contributed by atoms with Crippen LogP contribution in [-0.4, -0.2) is 49.9 Å². The van der Waals surface area contributed by atoms with Gasteiger partial charge in [-0.25, -0.2) is 26.9 Å². The van der Waals surface area contributed by atoms with Gasteiger partial charge in [0.2, 0.25) is 17.6 Å². The maximum absolute atomic E-state index is 15.0. The molecule has 6 atom stereocenters. The normalized spacial score (nSPS) is 31.8. The van der Waals surface area contributed by atoms with E-state index in [-0.39, 0.29) is 29.2 Å². The number of halogens is 7. The predicted molar refractivity (Wildman–Crippen MR) is 142 cm³/mol. The number of likely N-dealkylation sites (tertiary alicyclic amines) is 1. The SMILES string of the molecule is CCN1C(=O)C2CC=C3C(CC4(Cl)C(=O)N(c5c(F)c(F)c(F)c(F)c5F)C(=O)C4(Cl)C3c3ccc(O)c(C)c3)C2C1=O. The molecule has 0 radical (unpaired) electrons. The Morgan fingerprint density at radius 1 is 0.907 bits per heavy atom. The maximum atomic E-state index is 15.0. The molecule has 6 rings (SSSR count). The van der Waals surface area contributed by atoms with E-state index in [0.29, 0.717) is 11.1 Å². The summed E-state index contributed by atoms with van der Waals surface area (Å²) >= 11 is 14.0. The molecule has 226 valence electrons. The molecule has 2 heterocycles. The smallest absolute Gasteiger partial charge is 0.258 e. The van der Waals surface area contributed by atoms with Crippen LogP contribution in [0.15, 0.2) is 29.8 Å². The average Bonchev–Trinajstić information content (AvgIpc) is 3.30. The van der Waals surface area contributed by atoms with Gasteiger partial charge >= 0.3 is 0 Å². The van der Waals surface area contributed by atoms with Crippen molar-refractivity contribution in [1.82, 2.24) is 4.90 Å². The fraction of sp³-hybridized carbons (Fsp3) is 0.379. The van der Waals surface area contributed by atoms with E-state index < -0.39 is 98.2 Å². The summed E-state index contributed by atoms with van der Waals surface area (Å²) in [6.45, 7) is 3.21. The van der Waals surface area contributed by atoms with Crippen molar-refractivity contribution in [3.8, 4) is 5.75 Å². The van der Waals surface area contributed by atoms with Gasteiger partial charge in [-0.15, -0.1) is 23.2 Å². The van der Waals surface area contributed by atoms with Crippen LogP contribution in [0.25, 0.3) is 0 Å². The Hall–Kier alpha value is -3.51. The van der Waals surface area contributed by atoms with Crippen molar-refractivity contribution in [1.29, 1.82) is 0 Å². The number of benzene rings is 2. The second kappa shape index (κ2) is 9.49. The number of anilines is 1. The molecular weight excluding hydrogens is 622 g/mol. The number of carbonyl (C=O) groups excluding carboxylic acids is 4. The molecule has 14 heteroatoms. The van der Waals surface area contributed by atoms with Crippen molar-refractivity contribution >= 4 is 52.5 Å². The summed E-state index contributed by atoms with van der Waals surface area (Å²) in [6, 6.07) is 4.10. The lowest BCUT2D eigenvalue weighted by atomic mass is 9.56. The Bertz CT molecular complexity index is 1690. The molecule has 2 saturated heterocycles. The summed E-state index contributed by atoms with van der Waals surface area (Å²) in [5.74, 6) is -20.6. The minimum absolute atomic E-state index is 0.0664. The summed E-state index contributed by atoms with van der Waals surface area (Å²) in [5.41, 5.74) is -0.959. The second-order valence-electron chi connectivity index (χ2n) is 11.2. The van der Waals surface area contributed by atoms with Gasteiger partial charge in [0.25, 0.3) is 11.8 Å². The van der Waals surface area contributed by atoms with Crippen LogP contribution in [-0.2, 0) is 19.2 Å². The average molecular weight is 643 g/mol. The first-order valence-corrected chi connectivity index (χ1v) is 14.0. The zero-order valence-corrected chi connectivity index (χ0v) is 23.9. The number of alkyl halides is 2. The molecule has 4 aliphatic rings. The quantitative estimate of drug-likeness (QED) is 0.127. The number of hydrogen-bond donors (Lipinski definition) is 1. The fourth-order valence-corrected chi connectivity index (χ4v) is 8.11. The first-order valence-electron chi connectivity index (χ1n) is 13.3. The summed E-state index contributed by atoms with van der Waals surface area (Å²) in [7, 11) is 0. The second-order valence-corrected chi connectivity index (χ2v) is 12.4. The molecule has 0 spiro atoms. The van der Waals surface area contributed by atoms with Gasteiger partial charge in [0, 0.05) is 12.5 Å². The van der Waals surface area contributed by atoms with Gasteiger partial charge < -0.3 is 5.11 Å². The third-order valence-corrected chi connectivity index (χ3v) is 10.6. The molecule has 2 aromatic carbocycles. The van der Waals surface area contributed by atoms with Crippen LogP contribution in [0.3, 0.4) is 0 Å². The maximum Gasteiger partial charge on any atom is 0.258 e. The van der Waals surface area contributed by atoms with Crippen LogP contribution >= 0.6 is 23.2 Å². The van der Waals surface area contributed by atoms with Crippen molar-refractivity contribution in [3.05, 3.63) is 70.1 Å². The van der Waals surface area contributed by atoms with Gasteiger partial charge in [-0.2, -0.15) is 0 Å². The van der Waals surface area contributed by atoms with Crippen molar-refractivity contribution < 1.29 is 46.2 Å². The van der Waals surface area contributed by atoms with E-state index in [2.05, 4.69) is 0 Å². The zero-order valence-electron chi connectivity index (χ0n) is 22.4. The van der Waals surface area contributed by atoms with Crippen molar-refractivity contribution in [2.24, 2.45) is 17.8 Å². The monoisotopic (exact) mass is 642 g/mol. The lowest BCUT2D eigenvalue weighted by Gasteiger charge is -2.50. The number of carbonyl (C=O) groups is 4. The number of allylic oxidation sites excluding steroid dienone is 2. The highest BCUT2D eigenvalue weighted by Crippen LogP contribution is 2.66. The molecule has 7 nitrogen and oxygen atoms in total. The fourth-order valence-electron chi connectivity index (χ4n) is 7.18. The molecule has 4 amide bonds. The Morgan fingerprint density at radius 3 is 2.09 bits per heavy atom. The van der Waals surface area contributed by atoms with Crippen LogP contribution in [0.5, 0.6) is 5.75 Å². The highest BCUT2D eigenvalue weighted by molar-refractivity contribution is 6.58. The highest BCUT2D eigenvalue weighted by atomic mass is 35.5. The van der Waals surface area contributed by atoms with Crippen molar-refractivity contribution in [2.75, 3.05) is 11.4 Å². The molecule has 6 unspecified atom stereocenters. The Kier molecular flexibility index (Phi) is 6.53. The summed E-state index contributed by atoms with van der Waals surface area (Å²) in [5, 5.41) is 10.2. The molecule has 1 N–H and O–H groups in total. The first-order chi connectivity index (χ1) is 20.1. The molecule has 3 fully saturated rings. The largest absolute Gasteiger partial charge is 0.508 e. The number of imide groups is 2. The number of fused-ring (bicyclic) bond motifs is 4. The Morgan fingerprint density at radius 2 is 1.51 bits per heavy atom. The summed E-state index contributed by atoms with van der Waals surface area (Å²) in [6.07, 6.45) is 1.12. The van der Waals surface area contributed by atoms with E-state index in [1.165, 1.54) is 25.1 Å². The Balaban J connectivity index is 1.61. The zero-order chi connectivity index (χ0) is 31.5. The van der Waals surface area contributed by atoms with Crippen LogP contribution in [0.1, 0.15) is 36.8 Å². The standard InChI is InChI=1S/C29H21Cl2F5N2O5/c1-3-37-24(40)13-6-5-12-14(16(13)25(37)41)9-28(30)26(42)38(23-21(35)19(33)18(32)20(34)22(23)36)27(43)29(28,31)17(12)11-4-7-15(39)10(2)8-11/h4-5,7-8,13-14,16-17,39H,3,6,9H2,1-2H3. The molecule has 43 heavy (non-hydrogen) atoms. The molecule has 2 aliphatic heterocycles. The summed E-state index contributed by atoms with van der Waals surface area (Å²) in [4.78, 5) is 50.4. The number of phenolic OH excluding ortho intramolecular Hbond substituents is 1. The van der Waals surface area contributed by atoms with Crippen LogP contribution in [0, 0.1) is 53.8 Å². The minimum Gasteiger partial charge on any atom is -0.508 e. The molecule has 0 aromatic heterocycles. The number of nitrogens with zero attached hydrogens (tertiary/aromatic N) is 2. The number of hydrogen-bond acceptors (Lipinski definition) is 5. The molecule has 2 aliphatic carbocycles. The van der Waals surface area contributed by atoms with Crippen LogP contribution in [0.2, 0.25) is 0 Å². The van der Waals surface area contributed by atoms with E-state index in [1.807, 2.05) is 0 Å². The van der Waals surface area contributed by atoms with Gasteiger partial charge in [0.1, 0.15) is 11.4 Å². The molecule has 1 saturated carbocycles. The molecular formula is C29H21Cl2F5N2O5. The minimum atomic E-state index is -2.60. The number of aromatic hydroxyl groups is 1. The highest BCUT2D eigenvalue weighted by Gasteiger charge is 2.77. The van der Waals surface area contributed by atoms with Gasteiger partial charge in [-0.3, -0.25) is 24.1 Å². The van der Waals surface area contributed by atoms with Crippen molar-refractivity contribution in [3.63, 3.8) is 0 Å². The lowest BCUT2D eigenvalue weighted by Crippen LogP contribution is -2.60. The molecule has 2 aromatic rings. The van der Waals surface area contributed by atoms with Crippen LogP contribution in [0.4, 0.5) is 27.6 Å². The van der Waals surface area contributed by atoms with E-state index >= 15 is 8.78 Å². The Labute approximate surface area is 250 Å². The first kappa shape index (κ1) is 29.6. The topological polar surface area (TPSA) is 95.0 Å². The molecule has 0 bridgehead atoms. The summed E-state index contributed by atoms with van der Waals surface area (Å²) < 4.78 is 72.4. The van der Waals surface area contributed by atoms with E-state index in [0.717, 1.165) is 4.90 Å². The predicted octanol–water partition coefficient (Wildman–Crippen LogP) is 4.98. The number of phenols is 1. The third kappa shape index (κ3) is 3.53. The van der Waals surface area contributed by atoms with E-state index in [9.17, 15) is 37.5 Å². The van der Waals surface area contributed by atoms with Gasteiger partial charge in [0.15, 0.2) is 33.0 Å². The van der Waals surface area contributed by atoms with Crippen LogP contribution < -0.4 is 4.90 Å². The van der Waals surface area contributed by atoms with E-state index in [4.69, 9.17) is 23.2 Å². The van der Waals surface area contributed by atoms with Gasteiger partial charge in [-0.05, 0) is 49.8 Å². The number of amides is 4. The third-order valence-electron chi connectivity index (χ3n) is 9.18. The number of rotatable bonds is 3. The van der Waals surface area contributed by atoms with Gasteiger partial charge in [-0.1, -0.05) is 23.8 Å². The van der Waals surface area contributed by atoms with E-state index in [1.54, 1.807) is 13.0 Å². The lowest BCUT2D eigenvalue weighted by molar-refractivity contribution is -0.140. The van der Waals surface area contributed by atoms with Gasteiger partial charge in [0.05, 0.1) is 11.8 Å².